The van der Waals surface area contributed by atoms with Crippen LogP contribution in [0, 0.1) is 12.7 Å². The molecule has 17 heavy (non-hydrogen) atoms. The number of halogens is 1. The summed E-state index contributed by atoms with van der Waals surface area (Å²) in [6.07, 6.45) is 0. The van der Waals surface area contributed by atoms with Gasteiger partial charge in [-0.15, -0.1) is 0 Å². The molecule has 3 nitrogen and oxygen atoms in total. The topological polar surface area (TPSA) is 48.1 Å². The highest BCUT2D eigenvalue weighted by molar-refractivity contribution is 5.64. The summed E-state index contributed by atoms with van der Waals surface area (Å²) in [5.74, 6) is 0.0373. The fourth-order valence-corrected chi connectivity index (χ4v) is 1.61. The summed E-state index contributed by atoms with van der Waals surface area (Å²) in [6.45, 7) is 1.72. The number of hydrogen-bond donors (Lipinski definition) is 1. The van der Waals surface area contributed by atoms with E-state index in [0.29, 0.717) is 28.4 Å². The summed E-state index contributed by atoms with van der Waals surface area (Å²) in [5, 5.41) is 0. The number of nitrogen functional groups attached to an aromatic ring is 1. The van der Waals surface area contributed by atoms with Crippen molar-refractivity contribution in [3.05, 3.63) is 41.7 Å². The van der Waals surface area contributed by atoms with E-state index in [1.165, 1.54) is 7.11 Å². The first-order valence-electron chi connectivity index (χ1n) is 5.19. The molecule has 0 aliphatic heterocycles. The summed E-state index contributed by atoms with van der Waals surface area (Å²) in [6, 6.07) is 8.52. The number of aromatic nitrogens is 1. The zero-order valence-corrected chi connectivity index (χ0v) is 9.70. The molecule has 0 bridgehead atoms. The largest absolute Gasteiger partial charge is 0.480 e. The van der Waals surface area contributed by atoms with E-state index in [1.807, 2.05) is 0 Å². The van der Waals surface area contributed by atoms with E-state index >= 15 is 0 Å². The number of ether oxygens (including phenoxy) is 1. The molecule has 2 rings (SSSR count). The van der Waals surface area contributed by atoms with Gasteiger partial charge in [0.05, 0.1) is 18.5 Å². The second-order valence-electron chi connectivity index (χ2n) is 3.73. The van der Waals surface area contributed by atoms with Gasteiger partial charge in [-0.1, -0.05) is 12.1 Å². The smallest absolute Gasteiger partial charge is 0.237 e. The van der Waals surface area contributed by atoms with Crippen molar-refractivity contribution >= 4 is 5.69 Å². The number of benzene rings is 1. The van der Waals surface area contributed by atoms with Gasteiger partial charge in [0.2, 0.25) is 5.88 Å². The van der Waals surface area contributed by atoms with Crippen molar-refractivity contribution < 1.29 is 9.13 Å². The second-order valence-corrected chi connectivity index (χ2v) is 3.73. The first kappa shape index (κ1) is 11.4. The lowest BCUT2D eigenvalue weighted by atomic mass is 10.1. The fraction of sp³-hybridized carbons (Fsp3) is 0.154. The Morgan fingerprint density at radius 1 is 1.24 bits per heavy atom. The van der Waals surface area contributed by atoms with Gasteiger partial charge in [-0.25, -0.2) is 9.37 Å². The number of hydrogen-bond acceptors (Lipinski definition) is 3. The molecule has 2 N–H and O–H groups in total. The van der Waals surface area contributed by atoms with E-state index in [-0.39, 0.29) is 5.82 Å². The zero-order valence-electron chi connectivity index (χ0n) is 9.70. The van der Waals surface area contributed by atoms with E-state index in [0.717, 1.165) is 0 Å². The maximum Gasteiger partial charge on any atom is 0.237 e. The lowest BCUT2D eigenvalue weighted by molar-refractivity contribution is 0.401. The summed E-state index contributed by atoms with van der Waals surface area (Å²) < 4.78 is 18.9. The number of methoxy groups -OCH3 is 1. The number of anilines is 1. The number of aryl methyl sites for hydroxylation is 1. The van der Waals surface area contributed by atoms with Crippen molar-refractivity contribution in [1.82, 2.24) is 4.98 Å². The Morgan fingerprint density at radius 2 is 2.00 bits per heavy atom. The van der Waals surface area contributed by atoms with Crippen molar-refractivity contribution in [3.63, 3.8) is 0 Å². The molecule has 0 aliphatic rings. The van der Waals surface area contributed by atoms with E-state index in [9.17, 15) is 4.39 Å². The molecular formula is C13H13FN2O. The molecule has 0 atom stereocenters. The third kappa shape index (κ3) is 2.06. The summed E-state index contributed by atoms with van der Waals surface area (Å²) in [5.41, 5.74) is 7.64. The highest BCUT2D eigenvalue weighted by atomic mass is 19.1. The standard InChI is InChI=1S/C13H13FN2O/c1-8-4-3-5-9(12(8)14)11-7-6-10(15)13(16-11)17-2/h3-7H,15H2,1-2H3. The molecule has 0 spiro atoms. The maximum absolute atomic E-state index is 13.9. The molecule has 4 heteroatoms. The number of pyridine rings is 1. The van der Waals surface area contributed by atoms with Gasteiger partial charge < -0.3 is 10.5 Å². The molecule has 0 aliphatic carbocycles. The van der Waals surface area contributed by atoms with E-state index in [2.05, 4.69) is 4.98 Å². The van der Waals surface area contributed by atoms with Crippen LogP contribution in [0.15, 0.2) is 30.3 Å². The first-order chi connectivity index (χ1) is 8.13. The van der Waals surface area contributed by atoms with E-state index < -0.39 is 0 Å². The Morgan fingerprint density at radius 3 is 2.71 bits per heavy atom. The molecule has 88 valence electrons. The second kappa shape index (κ2) is 4.41. The SMILES string of the molecule is COc1nc(-c2cccc(C)c2F)ccc1N. The third-order valence-electron chi connectivity index (χ3n) is 2.55. The first-order valence-corrected chi connectivity index (χ1v) is 5.19. The molecule has 0 unspecified atom stereocenters. The molecule has 1 aromatic carbocycles. The summed E-state index contributed by atoms with van der Waals surface area (Å²) >= 11 is 0. The van der Waals surface area contributed by atoms with Crippen LogP contribution in [0.4, 0.5) is 10.1 Å². The van der Waals surface area contributed by atoms with Gasteiger partial charge in [0.15, 0.2) is 0 Å². The van der Waals surface area contributed by atoms with Crippen LogP contribution in [-0.2, 0) is 0 Å². The van der Waals surface area contributed by atoms with Crippen LogP contribution in [-0.4, -0.2) is 12.1 Å². The van der Waals surface area contributed by atoms with Gasteiger partial charge in [0, 0.05) is 5.56 Å². The Labute approximate surface area is 99.1 Å². The Kier molecular flexibility index (Phi) is 2.95. The molecule has 2 aromatic rings. The van der Waals surface area contributed by atoms with Crippen molar-refractivity contribution in [2.45, 2.75) is 6.92 Å². The molecule has 0 radical (unpaired) electrons. The van der Waals surface area contributed by atoms with Crippen LogP contribution in [0.5, 0.6) is 5.88 Å². The van der Waals surface area contributed by atoms with Gasteiger partial charge in [0.25, 0.3) is 0 Å². The molecular weight excluding hydrogens is 219 g/mol. The van der Waals surface area contributed by atoms with Crippen LogP contribution >= 0.6 is 0 Å². The normalized spacial score (nSPS) is 10.3. The van der Waals surface area contributed by atoms with Crippen LogP contribution < -0.4 is 10.5 Å². The predicted molar refractivity (Wildman–Crippen MR) is 65.3 cm³/mol. The monoisotopic (exact) mass is 232 g/mol. The minimum atomic E-state index is -0.271. The average Bonchev–Trinajstić information content (AvgIpc) is 2.34. The maximum atomic E-state index is 13.9. The van der Waals surface area contributed by atoms with Crippen LogP contribution in [0.3, 0.4) is 0 Å². The lowest BCUT2D eigenvalue weighted by Gasteiger charge is -2.08. The zero-order chi connectivity index (χ0) is 12.4. The lowest BCUT2D eigenvalue weighted by Crippen LogP contribution is -1.97. The molecule has 0 amide bonds. The van der Waals surface area contributed by atoms with E-state index in [1.54, 1.807) is 37.3 Å². The minimum absolute atomic E-state index is 0.271. The van der Waals surface area contributed by atoms with Crippen LogP contribution in [0.1, 0.15) is 5.56 Å². The van der Waals surface area contributed by atoms with Gasteiger partial charge in [0.1, 0.15) is 5.82 Å². The van der Waals surface area contributed by atoms with Crippen LogP contribution in [0.2, 0.25) is 0 Å². The molecule has 1 aromatic heterocycles. The van der Waals surface area contributed by atoms with Crippen molar-refractivity contribution in [2.75, 3.05) is 12.8 Å². The minimum Gasteiger partial charge on any atom is -0.480 e. The highest BCUT2D eigenvalue weighted by Gasteiger charge is 2.10. The Balaban J connectivity index is 2.57. The van der Waals surface area contributed by atoms with Gasteiger partial charge in [-0.2, -0.15) is 0 Å². The van der Waals surface area contributed by atoms with E-state index in [4.69, 9.17) is 10.5 Å². The average molecular weight is 232 g/mol. The quantitative estimate of drug-likeness (QED) is 0.866. The van der Waals surface area contributed by atoms with Gasteiger partial charge >= 0.3 is 0 Å². The summed E-state index contributed by atoms with van der Waals surface area (Å²) in [4.78, 5) is 4.18. The van der Waals surface area contributed by atoms with Crippen molar-refractivity contribution in [3.8, 4) is 17.1 Å². The molecule has 0 saturated carbocycles. The number of rotatable bonds is 2. The molecule has 0 fully saturated rings. The fourth-order valence-electron chi connectivity index (χ4n) is 1.61. The molecule has 0 saturated heterocycles. The Bertz CT molecular complexity index is 555. The molecule has 1 heterocycles. The van der Waals surface area contributed by atoms with Crippen molar-refractivity contribution in [2.24, 2.45) is 0 Å². The Hall–Kier alpha value is -2.10. The number of nitrogens with two attached hydrogens (primary N) is 1. The summed E-state index contributed by atoms with van der Waals surface area (Å²) in [7, 11) is 1.48. The highest BCUT2D eigenvalue weighted by Crippen LogP contribution is 2.27. The number of nitrogens with zero attached hydrogens (tertiary/aromatic N) is 1. The van der Waals surface area contributed by atoms with Gasteiger partial charge in [-0.3, -0.25) is 0 Å². The third-order valence-corrected chi connectivity index (χ3v) is 2.55. The van der Waals surface area contributed by atoms with Crippen LogP contribution in [0.25, 0.3) is 11.3 Å². The predicted octanol–water partition coefficient (Wildman–Crippen LogP) is 2.79. The van der Waals surface area contributed by atoms with Crippen molar-refractivity contribution in [1.29, 1.82) is 0 Å². The van der Waals surface area contributed by atoms with Gasteiger partial charge in [-0.05, 0) is 30.7 Å².